The number of benzene rings is 1. The monoisotopic (exact) mass is 369 g/mol. The Labute approximate surface area is 146 Å². The van der Waals surface area contributed by atoms with Gasteiger partial charge in [-0.15, -0.1) is 0 Å². The molecule has 1 aliphatic heterocycles. The predicted molar refractivity (Wildman–Crippen MR) is 85.9 cm³/mol. The van der Waals surface area contributed by atoms with Crippen molar-refractivity contribution in [1.82, 2.24) is 4.90 Å². The molecule has 1 heterocycles. The molecular weight excluding hydrogens is 353 g/mol. The van der Waals surface area contributed by atoms with Gasteiger partial charge >= 0.3 is 11.7 Å². The van der Waals surface area contributed by atoms with E-state index < -0.39 is 28.3 Å². The first-order chi connectivity index (χ1) is 12.3. The summed E-state index contributed by atoms with van der Waals surface area (Å²) < 4.78 is 23.4. The average molecular weight is 369 g/mol. The molecule has 0 fully saturated rings. The second kappa shape index (κ2) is 7.78. The second-order valence-corrected chi connectivity index (χ2v) is 5.18. The largest absolute Gasteiger partial charge is 0.494 e. The van der Waals surface area contributed by atoms with Crippen molar-refractivity contribution in [3.05, 3.63) is 39.3 Å². The summed E-state index contributed by atoms with van der Waals surface area (Å²) in [5.41, 5.74) is -1.12. The van der Waals surface area contributed by atoms with Crippen molar-refractivity contribution in [1.29, 1.82) is 0 Å². The number of hydrogen-bond donors (Lipinski definition) is 2. The number of carbonyl (C=O) groups is 2. The van der Waals surface area contributed by atoms with E-state index in [-0.39, 0.29) is 42.4 Å². The summed E-state index contributed by atoms with van der Waals surface area (Å²) in [6, 6.07) is 1.65. The number of nitro benzene ring substituents is 1. The lowest BCUT2D eigenvalue weighted by Crippen LogP contribution is -2.31. The number of carbonyl (C=O) groups excluding carboxylic acids is 2. The SMILES string of the molecule is COC(=O)C1=C(Nc2cc([N+](=O)[O-])c(F)cc2OC)C(=O)N(CCO)C1. The van der Waals surface area contributed by atoms with Crippen molar-refractivity contribution in [2.75, 3.05) is 39.2 Å². The van der Waals surface area contributed by atoms with Crippen LogP contribution in [0.5, 0.6) is 5.75 Å². The topological polar surface area (TPSA) is 131 Å². The fourth-order valence-corrected chi connectivity index (χ4v) is 2.43. The van der Waals surface area contributed by atoms with E-state index >= 15 is 0 Å². The number of ether oxygens (including phenoxy) is 2. The van der Waals surface area contributed by atoms with Crippen LogP contribution in [0.2, 0.25) is 0 Å². The van der Waals surface area contributed by atoms with Gasteiger partial charge in [-0.25, -0.2) is 4.79 Å². The van der Waals surface area contributed by atoms with Crippen molar-refractivity contribution in [3.8, 4) is 5.75 Å². The van der Waals surface area contributed by atoms with Gasteiger partial charge in [0.25, 0.3) is 5.91 Å². The molecule has 0 aliphatic carbocycles. The minimum absolute atomic E-state index is 0.0226. The number of aliphatic hydroxyl groups is 1. The van der Waals surface area contributed by atoms with Crippen molar-refractivity contribution >= 4 is 23.3 Å². The van der Waals surface area contributed by atoms with Crippen LogP contribution in [-0.4, -0.2) is 60.7 Å². The first-order valence-corrected chi connectivity index (χ1v) is 7.34. The van der Waals surface area contributed by atoms with Crippen LogP contribution >= 0.6 is 0 Å². The molecule has 140 valence electrons. The third kappa shape index (κ3) is 3.57. The van der Waals surface area contributed by atoms with Gasteiger partial charge in [-0.1, -0.05) is 0 Å². The lowest BCUT2D eigenvalue weighted by Gasteiger charge is -2.15. The average Bonchev–Trinajstić information content (AvgIpc) is 2.91. The predicted octanol–water partition coefficient (Wildman–Crippen LogP) is 0.416. The molecule has 1 amide bonds. The number of rotatable bonds is 7. The molecule has 1 aromatic rings. The maximum atomic E-state index is 13.7. The van der Waals surface area contributed by atoms with E-state index in [2.05, 4.69) is 10.1 Å². The lowest BCUT2D eigenvalue weighted by atomic mass is 10.2. The molecule has 26 heavy (non-hydrogen) atoms. The molecule has 1 aromatic carbocycles. The van der Waals surface area contributed by atoms with E-state index in [9.17, 15) is 24.1 Å². The van der Waals surface area contributed by atoms with Crippen LogP contribution in [0.15, 0.2) is 23.4 Å². The number of methoxy groups -OCH3 is 2. The number of esters is 1. The number of halogens is 1. The van der Waals surface area contributed by atoms with Gasteiger partial charge in [0.1, 0.15) is 11.4 Å². The number of amides is 1. The molecule has 11 heteroatoms. The highest BCUT2D eigenvalue weighted by molar-refractivity contribution is 6.08. The molecule has 1 aliphatic rings. The summed E-state index contributed by atoms with van der Waals surface area (Å²) in [6.45, 7) is -0.454. The summed E-state index contributed by atoms with van der Waals surface area (Å²) >= 11 is 0. The smallest absolute Gasteiger partial charge is 0.337 e. The lowest BCUT2D eigenvalue weighted by molar-refractivity contribution is -0.387. The van der Waals surface area contributed by atoms with Crippen molar-refractivity contribution in [2.24, 2.45) is 0 Å². The minimum atomic E-state index is -1.11. The maximum Gasteiger partial charge on any atom is 0.337 e. The molecule has 0 radical (unpaired) electrons. The Morgan fingerprint density at radius 1 is 1.46 bits per heavy atom. The van der Waals surface area contributed by atoms with E-state index in [1.165, 1.54) is 12.0 Å². The van der Waals surface area contributed by atoms with E-state index in [4.69, 9.17) is 9.84 Å². The number of hydrogen-bond acceptors (Lipinski definition) is 8. The van der Waals surface area contributed by atoms with Gasteiger partial charge < -0.3 is 24.8 Å². The zero-order chi connectivity index (χ0) is 19.4. The van der Waals surface area contributed by atoms with Crippen LogP contribution in [0.25, 0.3) is 0 Å². The Balaban J connectivity index is 2.49. The van der Waals surface area contributed by atoms with Crippen molar-refractivity contribution < 1.29 is 33.5 Å². The van der Waals surface area contributed by atoms with E-state index in [0.717, 1.165) is 19.2 Å². The molecular formula is C15H16FN3O7. The fourth-order valence-electron chi connectivity index (χ4n) is 2.43. The first kappa shape index (κ1) is 19.1. The van der Waals surface area contributed by atoms with Crippen molar-refractivity contribution in [2.45, 2.75) is 0 Å². The number of nitrogens with one attached hydrogen (secondary N) is 1. The van der Waals surface area contributed by atoms with E-state index in [1.54, 1.807) is 0 Å². The fraction of sp³-hybridized carbons (Fsp3) is 0.333. The summed E-state index contributed by atoms with van der Waals surface area (Å²) in [5.74, 6) is -2.61. The van der Waals surface area contributed by atoms with Gasteiger partial charge in [0.15, 0.2) is 0 Å². The van der Waals surface area contributed by atoms with Gasteiger partial charge in [0, 0.05) is 18.7 Å². The summed E-state index contributed by atoms with van der Waals surface area (Å²) in [4.78, 5) is 35.6. The highest BCUT2D eigenvalue weighted by Crippen LogP contribution is 2.34. The Hall–Kier alpha value is -3.21. The summed E-state index contributed by atoms with van der Waals surface area (Å²) in [6.07, 6.45) is 0. The number of β-amino-alcohol motifs (C(OH)–C–C–N with tert-alkyl or cyclic N) is 1. The Kier molecular flexibility index (Phi) is 5.72. The van der Waals surface area contributed by atoms with Crippen molar-refractivity contribution in [3.63, 3.8) is 0 Å². The Morgan fingerprint density at radius 3 is 2.69 bits per heavy atom. The number of nitro groups is 1. The molecule has 0 spiro atoms. The van der Waals surface area contributed by atoms with Crippen LogP contribution in [0, 0.1) is 15.9 Å². The molecule has 0 atom stereocenters. The molecule has 0 saturated carbocycles. The van der Waals surface area contributed by atoms with Gasteiger partial charge in [-0.3, -0.25) is 14.9 Å². The highest BCUT2D eigenvalue weighted by atomic mass is 19.1. The summed E-state index contributed by atoms with van der Waals surface area (Å²) in [5, 5.41) is 22.6. The standard InChI is InChI=1S/C15H16FN3O7/c1-25-12-5-9(16)11(19(23)24)6-10(12)17-13-8(15(22)26-2)7-18(3-4-20)14(13)21/h5-6,17,20H,3-4,7H2,1-2H3. The Morgan fingerprint density at radius 2 is 2.15 bits per heavy atom. The number of nitrogens with zero attached hydrogens (tertiary/aromatic N) is 2. The molecule has 0 saturated heterocycles. The van der Waals surface area contributed by atoms with Crippen LogP contribution < -0.4 is 10.1 Å². The molecule has 2 rings (SSSR count). The summed E-state index contributed by atoms with van der Waals surface area (Å²) in [7, 11) is 2.35. The highest BCUT2D eigenvalue weighted by Gasteiger charge is 2.35. The van der Waals surface area contributed by atoms with Gasteiger partial charge in [-0.2, -0.15) is 4.39 Å². The van der Waals surface area contributed by atoms with E-state index in [0.29, 0.717) is 0 Å². The van der Waals surface area contributed by atoms with Crippen LogP contribution in [0.3, 0.4) is 0 Å². The molecule has 0 bridgehead atoms. The maximum absolute atomic E-state index is 13.7. The zero-order valence-electron chi connectivity index (χ0n) is 13.9. The molecule has 0 aromatic heterocycles. The quantitative estimate of drug-likeness (QED) is 0.401. The van der Waals surface area contributed by atoms with E-state index in [1.807, 2.05) is 0 Å². The third-order valence-corrected chi connectivity index (χ3v) is 3.68. The number of anilines is 1. The minimum Gasteiger partial charge on any atom is -0.494 e. The van der Waals surface area contributed by atoms with Gasteiger partial charge in [0.2, 0.25) is 5.82 Å². The van der Waals surface area contributed by atoms with Gasteiger partial charge in [0.05, 0.1) is 43.6 Å². The van der Waals surface area contributed by atoms with Crippen LogP contribution in [0.4, 0.5) is 15.8 Å². The second-order valence-electron chi connectivity index (χ2n) is 5.18. The van der Waals surface area contributed by atoms with Crippen LogP contribution in [-0.2, 0) is 14.3 Å². The molecule has 10 nitrogen and oxygen atoms in total. The number of aliphatic hydroxyl groups excluding tert-OH is 1. The normalized spacial score (nSPS) is 13.8. The molecule has 0 unspecified atom stereocenters. The molecule has 2 N–H and O–H groups in total. The first-order valence-electron chi connectivity index (χ1n) is 7.34. The Bertz CT molecular complexity index is 794. The third-order valence-electron chi connectivity index (χ3n) is 3.68. The zero-order valence-corrected chi connectivity index (χ0v) is 13.9. The van der Waals surface area contributed by atoms with Gasteiger partial charge in [-0.05, 0) is 0 Å². The van der Waals surface area contributed by atoms with Crippen LogP contribution in [0.1, 0.15) is 0 Å².